The van der Waals surface area contributed by atoms with E-state index in [0.717, 1.165) is 39.1 Å². The average molecular weight is 383 g/mol. The third-order valence-corrected chi connectivity index (χ3v) is 4.82. The van der Waals surface area contributed by atoms with Gasteiger partial charge in [-0.15, -0.1) is 0 Å². The van der Waals surface area contributed by atoms with E-state index in [4.69, 9.17) is 4.74 Å². The van der Waals surface area contributed by atoms with E-state index >= 15 is 0 Å². The van der Waals surface area contributed by atoms with E-state index in [2.05, 4.69) is 10.1 Å². The third-order valence-electron chi connectivity index (χ3n) is 4.82. The fraction of sp³-hybridized carbons (Fsp3) is 0.125. The summed E-state index contributed by atoms with van der Waals surface area (Å²) in [6, 6.07) is 19.6. The number of pyridine rings is 1. The summed E-state index contributed by atoms with van der Waals surface area (Å²) in [4.78, 5) is 16.7. The molecule has 0 unspecified atom stereocenters. The molecule has 0 aliphatic rings. The highest BCUT2D eigenvalue weighted by Gasteiger charge is 2.11. The van der Waals surface area contributed by atoms with Gasteiger partial charge in [0.15, 0.2) is 0 Å². The number of rotatable bonds is 5. The highest BCUT2D eigenvalue weighted by Crippen LogP contribution is 2.20. The van der Waals surface area contributed by atoms with Gasteiger partial charge in [-0.3, -0.25) is 4.98 Å². The molecule has 144 valence electrons. The minimum atomic E-state index is -0.399. The average Bonchev–Trinajstić information content (AvgIpc) is 3.04. The number of aromatic nitrogens is 3. The van der Waals surface area contributed by atoms with Crippen LogP contribution in [0.1, 0.15) is 22.5 Å². The third kappa shape index (κ3) is 3.94. The molecule has 2 aromatic heterocycles. The van der Waals surface area contributed by atoms with Crippen molar-refractivity contribution in [2.45, 2.75) is 20.5 Å². The second-order valence-corrected chi connectivity index (χ2v) is 6.77. The Bertz CT molecular complexity index is 1190. The van der Waals surface area contributed by atoms with Crippen molar-refractivity contribution in [1.29, 1.82) is 0 Å². The van der Waals surface area contributed by atoms with Crippen molar-refractivity contribution in [3.63, 3.8) is 0 Å². The Morgan fingerprint density at radius 2 is 1.83 bits per heavy atom. The van der Waals surface area contributed by atoms with Crippen molar-refractivity contribution in [3.05, 3.63) is 95.5 Å². The molecule has 0 saturated carbocycles. The smallest absolute Gasteiger partial charge is 0.331 e. The molecular weight excluding hydrogens is 362 g/mol. The zero-order valence-electron chi connectivity index (χ0n) is 16.4. The van der Waals surface area contributed by atoms with E-state index in [0.29, 0.717) is 0 Å². The summed E-state index contributed by atoms with van der Waals surface area (Å²) in [5, 5.41) is 5.62. The standard InChI is InChI=1S/C24H21N3O2/c1-17-22(18(2)27(26-17)21-11-4-3-5-12-21)13-14-23(28)29-16-20-9-6-8-19-10-7-15-25-24(19)20/h3-15H,16H2,1-2H3/b14-13+. The number of fused-ring (bicyclic) bond motifs is 1. The largest absolute Gasteiger partial charge is 0.458 e. The SMILES string of the molecule is Cc1nn(-c2ccccc2)c(C)c1/C=C/C(=O)OCc1cccc2cccnc12. The molecule has 0 fully saturated rings. The number of aryl methyl sites for hydroxylation is 1. The van der Waals surface area contributed by atoms with E-state index in [9.17, 15) is 4.79 Å². The first-order chi connectivity index (χ1) is 14.1. The maximum absolute atomic E-state index is 12.3. The van der Waals surface area contributed by atoms with Crippen LogP contribution >= 0.6 is 0 Å². The van der Waals surface area contributed by atoms with E-state index in [1.54, 1.807) is 12.3 Å². The molecule has 0 spiro atoms. The van der Waals surface area contributed by atoms with E-state index in [1.165, 1.54) is 6.08 Å². The molecule has 2 aromatic carbocycles. The Labute approximate surface area is 169 Å². The monoisotopic (exact) mass is 383 g/mol. The Hall–Kier alpha value is -3.73. The molecule has 4 aromatic rings. The summed E-state index contributed by atoms with van der Waals surface area (Å²) in [6.45, 7) is 4.10. The molecule has 0 atom stereocenters. The number of hydrogen-bond acceptors (Lipinski definition) is 4. The molecule has 0 bridgehead atoms. The summed E-state index contributed by atoms with van der Waals surface area (Å²) in [6.07, 6.45) is 4.95. The number of carbonyl (C=O) groups is 1. The van der Waals surface area contributed by atoms with Crippen LogP contribution < -0.4 is 0 Å². The second kappa shape index (κ2) is 8.10. The molecule has 0 amide bonds. The van der Waals surface area contributed by atoms with Crippen LogP contribution in [0, 0.1) is 13.8 Å². The van der Waals surface area contributed by atoms with Crippen molar-refractivity contribution < 1.29 is 9.53 Å². The quantitative estimate of drug-likeness (QED) is 0.367. The number of esters is 1. The topological polar surface area (TPSA) is 57.0 Å². The molecule has 29 heavy (non-hydrogen) atoms. The fourth-order valence-corrected chi connectivity index (χ4v) is 3.35. The van der Waals surface area contributed by atoms with Gasteiger partial charge in [-0.1, -0.05) is 42.5 Å². The van der Waals surface area contributed by atoms with Crippen LogP contribution in [0.2, 0.25) is 0 Å². The molecule has 0 aliphatic heterocycles. The van der Waals surface area contributed by atoms with Gasteiger partial charge in [0.05, 0.1) is 16.9 Å². The van der Waals surface area contributed by atoms with E-state index in [-0.39, 0.29) is 6.61 Å². The van der Waals surface area contributed by atoms with Crippen LogP contribution in [0.4, 0.5) is 0 Å². The first kappa shape index (κ1) is 18.6. The van der Waals surface area contributed by atoms with Gasteiger partial charge in [0.2, 0.25) is 0 Å². The number of para-hydroxylation sites is 2. The van der Waals surface area contributed by atoms with Crippen LogP contribution in [0.5, 0.6) is 0 Å². The number of nitrogens with zero attached hydrogens (tertiary/aromatic N) is 3. The van der Waals surface area contributed by atoms with Crippen molar-refractivity contribution in [1.82, 2.24) is 14.8 Å². The maximum atomic E-state index is 12.3. The van der Waals surface area contributed by atoms with Gasteiger partial charge in [-0.05, 0) is 38.1 Å². The van der Waals surface area contributed by atoms with Crippen molar-refractivity contribution in [2.24, 2.45) is 0 Å². The van der Waals surface area contributed by atoms with E-state index in [1.807, 2.05) is 79.2 Å². The van der Waals surface area contributed by atoms with Gasteiger partial charge in [-0.25, -0.2) is 9.48 Å². The zero-order valence-corrected chi connectivity index (χ0v) is 16.4. The van der Waals surface area contributed by atoms with Gasteiger partial charge in [-0.2, -0.15) is 5.10 Å². The van der Waals surface area contributed by atoms with Crippen LogP contribution in [-0.4, -0.2) is 20.7 Å². The fourth-order valence-electron chi connectivity index (χ4n) is 3.35. The highest BCUT2D eigenvalue weighted by molar-refractivity contribution is 5.88. The Kier molecular flexibility index (Phi) is 5.20. The van der Waals surface area contributed by atoms with Gasteiger partial charge in [0.25, 0.3) is 0 Å². The van der Waals surface area contributed by atoms with E-state index < -0.39 is 5.97 Å². The molecule has 2 heterocycles. The zero-order chi connectivity index (χ0) is 20.2. The summed E-state index contributed by atoms with van der Waals surface area (Å²) in [7, 11) is 0. The first-order valence-corrected chi connectivity index (χ1v) is 9.42. The number of benzene rings is 2. The van der Waals surface area contributed by atoms with Gasteiger partial charge < -0.3 is 4.74 Å². The molecular formula is C24H21N3O2. The molecule has 5 heteroatoms. The predicted molar refractivity (Wildman–Crippen MR) is 114 cm³/mol. The maximum Gasteiger partial charge on any atom is 0.331 e. The summed E-state index contributed by atoms with van der Waals surface area (Å²) in [5.74, 6) is -0.399. The van der Waals surface area contributed by atoms with Gasteiger partial charge in [0, 0.05) is 34.5 Å². The molecule has 0 aliphatic carbocycles. The molecule has 4 rings (SSSR count). The number of carbonyl (C=O) groups excluding carboxylic acids is 1. The molecule has 0 radical (unpaired) electrons. The highest BCUT2D eigenvalue weighted by atomic mass is 16.5. The van der Waals surface area contributed by atoms with Crippen LogP contribution in [0.3, 0.4) is 0 Å². The van der Waals surface area contributed by atoms with Crippen LogP contribution in [0.15, 0.2) is 72.9 Å². The minimum Gasteiger partial charge on any atom is -0.458 e. The Morgan fingerprint density at radius 3 is 2.66 bits per heavy atom. The second-order valence-electron chi connectivity index (χ2n) is 6.77. The minimum absolute atomic E-state index is 0.179. The molecule has 0 saturated heterocycles. The molecule has 0 N–H and O–H groups in total. The normalized spacial score (nSPS) is 11.2. The lowest BCUT2D eigenvalue weighted by molar-refractivity contribution is -0.138. The lowest BCUT2D eigenvalue weighted by Gasteiger charge is -2.06. The first-order valence-electron chi connectivity index (χ1n) is 9.42. The summed E-state index contributed by atoms with van der Waals surface area (Å²) < 4.78 is 7.31. The van der Waals surface area contributed by atoms with Crippen molar-refractivity contribution >= 4 is 22.9 Å². The Morgan fingerprint density at radius 1 is 1.03 bits per heavy atom. The lowest BCUT2D eigenvalue weighted by Crippen LogP contribution is -2.02. The van der Waals surface area contributed by atoms with Gasteiger partial charge in [0.1, 0.15) is 6.61 Å². The summed E-state index contributed by atoms with van der Waals surface area (Å²) in [5.41, 5.74) is 5.46. The van der Waals surface area contributed by atoms with Gasteiger partial charge >= 0.3 is 5.97 Å². The predicted octanol–water partition coefficient (Wildman–Crippen LogP) is 4.79. The summed E-state index contributed by atoms with van der Waals surface area (Å²) >= 11 is 0. The molecule has 5 nitrogen and oxygen atoms in total. The Balaban J connectivity index is 1.48. The lowest BCUT2D eigenvalue weighted by atomic mass is 10.1. The van der Waals surface area contributed by atoms with Crippen LogP contribution in [-0.2, 0) is 16.1 Å². The van der Waals surface area contributed by atoms with Crippen molar-refractivity contribution in [2.75, 3.05) is 0 Å². The number of ether oxygens (including phenoxy) is 1. The van der Waals surface area contributed by atoms with Crippen molar-refractivity contribution in [3.8, 4) is 5.69 Å². The number of hydrogen-bond donors (Lipinski definition) is 0. The van der Waals surface area contributed by atoms with Crippen LogP contribution in [0.25, 0.3) is 22.7 Å².